The van der Waals surface area contributed by atoms with Crippen LogP contribution < -0.4 is 15.4 Å². The van der Waals surface area contributed by atoms with Crippen LogP contribution in [-0.2, 0) is 9.59 Å². The molecule has 6 heteroatoms. The van der Waals surface area contributed by atoms with Crippen LogP contribution in [0.3, 0.4) is 0 Å². The largest absolute Gasteiger partial charge is 0.479 e. The van der Waals surface area contributed by atoms with Gasteiger partial charge in [-0.15, -0.1) is 0 Å². The molecular weight excluding hydrogens is 306 g/mol. The lowest BCUT2D eigenvalue weighted by Gasteiger charge is -2.26. The maximum absolute atomic E-state index is 12.6. The summed E-state index contributed by atoms with van der Waals surface area (Å²) in [6.07, 6.45) is 4.08. The molecular formula is C18H25N3O3. The summed E-state index contributed by atoms with van der Waals surface area (Å²) in [5, 5.41) is 6.06. The summed E-state index contributed by atoms with van der Waals surface area (Å²) in [5.41, 5.74) is 1.43. The van der Waals surface area contributed by atoms with E-state index in [9.17, 15) is 9.59 Å². The standard InChI is InChI=1S/C18H25N3O3/c1-12(18(23)21-9-5-3-4-6-10-21)19-14-7-8-16-15(11-14)20-17(22)13(2)24-16/h7-8,11-13,19H,3-6,9-10H2,1-2H3,(H,20,22)/t12-,13+/m0/s1. The molecule has 1 fully saturated rings. The lowest BCUT2D eigenvalue weighted by Crippen LogP contribution is -2.41. The van der Waals surface area contributed by atoms with Gasteiger partial charge in [-0.05, 0) is 44.9 Å². The average molecular weight is 331 g/mol. The zero-order valence-corrected chi connectivity index (χ0v) is 14.3. The van der Waals surface area contributed by atoms with Gasteiger partial charge >= 0.3 is 0 Å². The molecule has 1 aromatic rings. The Morgan fingerprint density at radius 2 is 2.00 bits per heavy atom. The molecule has 3 rings (SSSR count). The molecule has 0 aromatic heterocycles. The van der Waals surface area contributed by atoms with Crippen molar-refractivity contribution in [3.8, 4) is 5.75 Å². The lowest BCUT2D eigenvalue weighted by atomic mass is 10.2. The van der Waals surface area contributed by atoms with E-state index in [0.717, 1.165) is 31.6 Å². The number of rotatable bonds is 3. The maximum Gasteiger partial charge on any atom is 0.265 e. The fourth-order valence-corrected chi connectivity index (χ4v) is 3.18. The summed E-state index contributed by atoms with van der Waals surface area (Å²) in [7, 11) is 0. The lowest BCUT2D eigenvalue weighted by molar-refractivity contribution is -0.131. The van der Waals surface area contributed by atoms with Crippen molar-refractivity contribution in [2.45, 2.75) is 51.7 Å². The minimum Gasteiger partial charge on any atom is -0.479 e. The third kappa shape index (κ3) is 3.63. The van der Waals surface area contributed by atoms with E-state index in [2.05, 4.69) is 10.6 Å². The molecule has 0 aliphatic carbocycles. The number of hydrogen-bond donors (Lipinski definition) is 2. The van der Waals surface area contributed by atoms with Crippen LogP contribution in [-0.4, -0.2) is 41.9 Å². The number of carbonyl (C=O) groups excluding carboxylic acids is 2. The smallest absolute Gasteiger partial charge is 0.265 e. The van der Waals surface area contributed by atoms with Crippen LogP contribution in [0.25, 0.3) is 0 Å². The van der Waals surface area contributed by atoms with E-state index < -0.39 is 6.10 Å². The minimum atomic E-state index is -0.486. The Bertz CT molecular complexity index is 624. The molecule has 1 saturated heterocycles. The zero-order valence-electron chi connectivity index (χ0n) is 14.3. The summed E-state index contributed by atoms with van der Waals surface area (Å²) >= 11 is 0. The van der Waals surface area contributed by atoms with Crippen molar-refractivity contribution in [2.24, 2.45) is 0 Å². The second-order valence-electron chi connectivity index (χ2n) is 6.57. The second kappa shape index (κ2) is 7.11. The number of benzene rings is 1. The topological polar surface area (TPSA) is 70.7 Å². The van der Waals surface area contributed by atoms with Crippen LogP contribution in [0.4, 0.5) is 11.4 Å². The first-order valence-corrected chi connectivity index (χ1v) is 8.71. The predicted molar refractivity (Wildman–Crippen MR) is 93.3 cm³/mol. The highest BCUT2D eigenvalue weighted by Crippen LogP contribution is 2.32. The maximum atomic E-state index is 12.6. The van der Waals surface area contributed by atoms with Gasteiger partial charge in [0.15, 0.2) is 6.10 Å². The number of nitrogens with zero attached hydrogens (tertiary/aromatic N) is 1. The Morgan fingerprint density at radius 1 is 1.29 bits per heavy atom. The molecule has 0 radical (unpaired) electrons. The molecule has 0 spiro atoms. The molecule has 24 heavy (non-hydrogen) atoms. The third-order valence-corrected chi connectivity index (χ3v) is 4.58. The number of anilines is 2. The van der Waals surface area contributed by atoms with Crippen LogP contribution in [0.15, 0.2) is 18.2 Å². The molecule has 2 heterocycles. The minimum absolute atomic E-state index is 0.128. The zero-order chi connectivity index (χ0) is 17.1. The Labute approximate surface area is 142 Å². The molecule has 1 aromatic carbocycles. The number of fused-ring (bicyclic) bond motifs is 1. The fraction of sp³-hybridized carbons (Fsp3) is 0.556. The van der Waals surface area contributed by atoms with Gasteiger partial charge in [0.25, 0.3) is 5.91 Å². The molecule has 2 atom stereocenters. The van der Waals surface area contributed by atoms with Crippen LogP contribution in [0.5, 0.6) is 5.75 Å². The van der Waals surface area contributed by atoms with Crippen molar-refractivity contribution < 1.29 is 14.3 Å². The van der Waals surface area contributed by atoms with Gasteiger partial charge in [0.1, 0.15) is 11.8 Å². The van der Waals surface area contributed by atoms with Gasteiger partial charge in [-0.3, -0.25) is 9.59 Å². The summed E-state index contributed by atoms with van der Waals surface area (Å²) in [6.45, 7) is 5.28. The molecule has 0 bridgehead atoms. The monoisotopic (exact) mass is 331 g/mol. The summed E-state index contributed by atoms with van der Waals surface area (Å²) in [5.74, 6) is 0.621. The molecule has 0 saturated carbocycles. The van der Waals surface area contributed by atoms with E-state index >= 15 is 0 Å². The van der Waals surface area contributed by atoms with Gasteiger partial charge in [-0.25, -0.2) is 0 Å². The van der Waals surface area contributed by atoms with Gasteiger partial charge in [-0.1, -0.05) is 12.8 Å². The first-order valence-electron chi connectivity index (χ1n) is 8.71. The molecule has 130 valence electrons. The third-order valence-electron chi connectivity index (χ3n) is 4.58. The van der Waals surface area contributed by atoms with Gasteiger partial charge in [0.2, 0.25) is 5.91 Å². The summed E-state index contributed by atoms with van der Waals surface area (Å²) in [6, 6.07) is 5.19. The quantitative estimate of drug-likeness (QED) is 0.893. The Balaban J connectivity index is 1.66. The normalized spacial score (nSPS) is 21.8. The van der Waals surface area contributed by atoms with Crippen molar-refractivity contribution in [3.63, 3.8) is 0 Å². The number of carbonyl (C=O) groups is 2. The highest BCUT2D eigenvalue weighted by molar-refractivity contribution is 5.98. The van der Waals surface area contributed by atoms with E-state index in [4.69, 9.17) is 4.74 Å². The van der Waals surface area contributed by atoms with Crippen molar-refractivity contribution in [1.29, 1.82) is 0 Å². The Kier molecular flexibility index (Phi) is 4.92. The van der Waals surface area contributed by atoms with Crippen molar-refractivity contribution in [1.82, 2.24) is 4.90 Å². The number of likely N-dealkylation sites (tertiary alicyclic amines) is 1. The van der Waals surface area contributed by atoms with Gasteiger partial charge < -0.3 is 20.3 Å². The second-order valence-corrected chi connectivity index (χ2v) is 6.57. The SMILES string of the molecule is C[C@H](Nc1ccc2c(c1)NC(=O)[C@@H](C)O2)C(=O)N1CCCCCC1. The van der Waals surface area contributed by atoms with E-state index in [0.29, 0.717) is 11.4 Å². The van der Waals surface area contributed by atoms with Crippen LogP contribution >= 0.6 is 0 Å². The summed E-state index contributed by atoms with van der Waals surface area (Å²) < 4.78 is 5.55. The predicted octanol–water partition coefficient (Wildman–Crippen LogP) is 2.61. The number of amides is 2. The van der Waals surface area contributed by atoms with E-state index in [1.807, 2.05) is 30.0 Å². The van der Waals surface area contributed by atoms with Crippen LogP contribution in [0, 0.1) is 0 Å². The molecule has 2 N–H and O–H groups in total. The molecule has 2 amide bonds. The summed E-state index contributed by atoms with van der Waals surface area (Å²) in [4.78, 5) is 26.3. The van der Waals surface area contributed by atoms with Gasteiger partial charge in [-0.2, -0.15) is 0 Å². The van der Waals surface area contributed by atoms with E-state index in [-0.39, 0.29) is 17.9 Å². The molecule has 0 unspecified atom stereocenters. The fourth-order valence-electron chi connectivity index (χ4n) is 3.18. The van der Waals surface area contributed by atoms with Crippen LogP contribution in [0.2, 0.25) is 0 Å². The van der Waals surface area contributed by atoms with Gasteiger partial charge in [0, 0.05) is 18.8 Å². The van der Waals surface area contributed by atoms with E-state index in [1.54, 1.807) is 6.92 Å². The average Bonchev–Trinajstić information content (AvgIpc) is 2.84. The van der Waals surface area contributed by atoms with Crippen molar-refractivity contribution in [2.75, 3.05) is 23.7 Å². The van der Waals surface area contributed by atoms with Crippen molar-refractivity contribution >= 4 is 23.2 Å². The first kappa shape index (κ1) is 16.6. The van der Waals surface area contributed by atoms with Crippen LogP contribution in [0.1, 0.15) is 39.5 Å². The molecule has 6 nitrogen and oxygen atoms in total. The highest BCUT2D eigenvalue weighted by atomic mass is 16.5. The first-order chi connectivity index (χ1) is 11.5. The van der Waals surface area contributed by atoms with Crippen molar-refractivity contribution in [3.05, 3.63) is 18.2 Å². The van der Waals surface area contributed by atoms with E-state index in [1.165, 1.54) is 12.8 Å². The highest BCUT2D eigenvalue weighted by Gasteiger charge is 2.25. The van der Waals surface area contributed by atoms with Gasteiger partial charge in [0.05, 0.1) is 5.69 Å². The Morgan fingerprint density at radius 3 is 2.71 bits per heavy atom. The number of ether oxygens (including phenoxy) is 1. The Hall–Kier alpha value is -2.24. The molecule has 2 aliphatic heterocycles. The molecule has 2 aliphatic rings. The number of hydrogen-bond acceptors (Lipinski definition) is 4. The number of nitrogens with one attached hydrogen (secondary N) is 2.